The summed E-state index contributed by atoms with van der Waals surface area (Å²) in [6, 6.07) is 0. The Labute approximate surface area is 123 Å². The Hall–Kier alpha value is -2.82. The number of carbonyl (C=O) groups excluding carboxylic acids is 1. The molecule has 0 bridgehead atoms. The normalized spacial score (nSPS) is 9.19. The fourth-order valence-electron chi connectivity index (χ4n) is 2.38. The molecule has 0 aliphatic carbocycles. The van der Waals surface area contributed by atoms with E-state index in [1.807, 2.05) is 20.8 Å². The van der Waals surface area contributed by atoms with Gasteiger partial charge in [-0.2, -0.15) is 10.5 Å². The lowest BCUT2D eigenvalue weighted by atomic mass is 9.88. The summed E-state index contributed by atoms with van der Waals surface area (Å²) in [4.78, 5) is 14.0. The third-order valence-electron chi connectivity index (χ3n) is 3.58. The van der Waals surface area contributed by atoms with E-state index in [2.05, 4.69) is 4.99 Å². The minimum Gasteiger partial charge on any atom is -0.423 e. The summed E-state index contributed by atoms with van der Waals surface area (Å²) in [6.07, 6.45) is 4.80. The number of nitrogens with zero attached hydrogens (tertiary/aromatic N) is 3. The van der Waals surface area contributed by atoms with E-state index in [0.717, 1.165) is 33.4 Å². The lowest BCUT2D eigenvalue weighted by molar-refractivity contribution is 0.249. The molecule has 6 nitrogen and oxygen atoms in total. The van der Waals surface area contributed by atoms with E-state index in [-0.39, 0.29) is 19.8 Å². The molecule has 0 aliphatic heterocycles. The predicted molar refractivity (Wildman–Crippen MR) is 73.3 cm³/mol. The molecular formula is C15H15N3O3. The summed E-state index contributed by atoms with van der Waals surface area (Å²) >= 11 is 0. The van der Waals surface area contributed by atoms with E-state index in [1.54, 1.807) is 12.5 Å². The molecule has 0 fully saturated rings. The van der Waals surface area contributed by atoms with Gasteiger partial charge < -0.3 is 9.47 Å². The summed E-state index contributed by atoms with van der Waals surface area (Å²) in [5.74, 6) is 0. The number of hydrogen-bond acceptors (Lipinski definition) is 6. The first-order chi connectivity index (χ1) is 10.1. The smallest absolute Gasteiger partial charge is 0.286 e. The van der Waals surface area contributed by atoms with Gasteiger partial charge in [0.15, 0.2) is 0 Å². The van der Waals surface area contributed by atoms with Gasteiger partial charge in [0, 0.05) is 0 Å². The molecule has 6 heteroatoms. The highest BCUT2D eigenvalue weighted by molar-refractivity contribution is 5.51. The van der Waals surface area contributed by atoms with Crippen molar-refractivity contribution in [3.63, 3.8) is 0 Å². The van der Waals surface area contributed by atoms with Crippen molar-refractivity contribution < 1.29 is 14.3 Å². The largest absolute Gasteiger partial charge is 0.423 e. The molecule has 0 N–H and O–H groups in total. The third kappa shape index (κ3) is 3.60. The van der Waals surface area contributed by atoms with Crippen molar-refractivity contribution in [3.05, 3.63) is 33.4 Å². The molecule has 0 saturated carbocycles. The second-order valence-electron chi connectivity index (χ2n) is 4.48. The highest BCUT2D eigenvalue weighted by Crippen LogP contribution is 2.29. The van der Waals surface area contributed by atoms with Crippen molar-refractivity contribution in [2.45, 2.75) is 40.5 Å². The topological polar surface area (TPSA) is 95.5 Å². The van der Waals surface area contributed by atoms with Crippen molar-refractivity contribution in [1.82, 2.24) is 0 Å². The quantitative estimate of drug-likeness (QED) is 0.454. The summed E-state index contributed by atoms with van der Waals surface area (Å²) in [5.41, 5.74) is 5.29. The van der Waals surface area contributed by atoms with Crippen molar-refractivity contribution in [1.29, 1.82) is 10.5 Å². The van der Waals surface area contributed by atoms with Crippen LogP contribution in [0.15, 0.2) is 4.99 Å². The number of isocyanates is 1. The van der Waals surface area contributed by atoms with Crippen LogP contribution in [0.25, 0.3) is 0 Å². The molecule has 1 aromatic rings. The fourth-order valence-corrected chi connectivity index (χ4v) is 2.38. The summed E-state index contributed by atoms with van der Waals surface area (Å²) in [5, 5.41) is 17.2. The molecule has 0 amide bonds. The van der Waals surface area contributed by atoms with Gasteiger partial charge in [0.05, 0.1) is 6.54 Å². The van der Waals surface area contributed by atoms with Crippen LogP contribution >= 0.6 is 0 Å². The molecule has 0 atom stereocenters. The van der Waals surface area contributed by atoms with E-state index < -0.39 is 0 Å². The van der Waals surface area contributed by atoms with Gasteiger partial charge in [-0.1, -0.05) is 0 Å². The molecule has 0 saturated heterocycles. The Morgan fingerprint density at radius 2 is 1.33 bits per heavy atom. The van der Waals surface area contributed by atoms with E-state index in [1.165, 1.54) is 6.08 Å². The van der Waals surface area contributed by atoms with Crippen LogP contribution < -0.4 is 0 Å². The molecule has 0 aromatic heterocycles. The first-order valence-corrected chi connectivity index (χ1v) is 6.24. The van der Waals surface area contributed by atoms with Crippen LogP contribution in [0, 0.1) is 43.8 Å². The van der Waals surface area contributed by atoms with E-state index >= 15 is 0 Å². The van der Waals surface area contributed by atoms with Crippen molar-refractivity contribution in [3.8, 4) is 12.5 Å². The summed E-state index contributed by atoms with van der Waals surface area (Å²) < 4.78 is 9.66. The van der Waals surface area contributed by atoms with E-state index in [4.69, 9.17) is 20.0 Å². The number of ether oxygens (including phenoxy) is 2. The van der Waals surface area contributed by atoms with Crippen molar-refractivity contribution >= 4 is 6.08 Å². The number of rotatable bonds is 6. The molecule has 0 radical (unpaired) electrons. The number of nitriles is 2. The molecule has 0 aliphatic rings. The summed E-state index contributed by atoms with van der Waals surface area (Å²) in [7, 11) is 0. The molecule has 0 unspecified atom stereocenters. The van der Waals surface area contributed by atoms with Gasteiger partial charge in [-0.05, 0) is 54.2 Å². The second-order valence-corrected chi connectivity index (χ2v) is 4.48. The van der Waals surface area contributed by atoms with Crippen LogP contribution in [-0.2, 0) is 34.0 Å². The third-order valence-corrected chi connectivity index (χ3v) is 3.58. The zero-order chi connectivity index (χ0) is 15.8. The van der Waals surface area contributed by atoms with Crippen molar-refractivity contribution in [2.75, 3.05) is 0 Å². The average Bonchev–Trinajstić information content (AvgIpc) is 2.47. The monoisotopic (exact) mass is 285 g/mol. The molecule has 0 heterocycles. The molecule has 21 heavy (non-hydrogen) atoms. The Kier molecular flexibility index (Phi) is 5.95. The van der Waals surface area contributed by atoms with Crippen LogP contribution in [0.3, 0.4) is 0 Å². The van der Waals surface area contributed by atoms with Gasteiger partial charge in [-0.15, -0.1) is 0 Å². The van der Waals surface area contributed by atoms with Gasteiger partial charge in [0.2, 0.25) is 6.08 Å². The molecule has 1 aromatic carbocycles. The summed E-state index contributed by atoms with van der Waals surface area (Å²) in [6.45, 7) is 6.12. The van der Waals surface area contributed by atoms with Crippen LogP contribution in [0.4, 0.5) is 0 Å². The first kappa shape index (κ1) is 16.2. The molecule has 0 spiro atoms. The molecule has 108 valence electrons. The highest BCUT2D eigenvalue weighted by Gasteiger charge is 2.17. The van der Waals surface area contributed by atoms with Crippen LogP contribution in [0.5, 0.6) is 0 Å². The van der Waals surface area contributed by atoms with Gasteiger partial charge in [-0.3, -0.25) is 0 Å². The van der Waals surface area contributed by atoms with Crippen molar-refractivity contribution in [2.24, 2.45) is 4.99 Å². The fraction of sp³-hybridized carbons (Fsp3) is 0.400. The Bertz CT molecular complexity index is 617. The SMILES string of the molecule is Cc1c(CN=C=O)c(C)c(COC#N)c(C)c1COC#N. The molecular weight excluding hydrogens is 270 g/mol. The highest BCUT2D eigenvalue weighted by atomic mass is 16.5. The van der Waals surface area contributed by atoms with Crippen LogP contribution in [0.2, 0.25) is 0 Å². The second kappa shape index (κ2) is 7.69. The van der Waals surface area contributed by atoms with Crippen LogP contribution in [0.1, 0.15) is 33.4 Å². The van der Waals surface area contributed by atoms with Crippen LogP contribution in [-0.4, -0.2) is 6.08 Å². The lowest BCUT2D eigenvalue weighted by Gasteiger charge is -2.20. The van der Waals surface area contributed by atoms with Gasteiger partial charge in [0.1, 0.15) is 13.2 Å². The minimum absolute atomic E-state index is 0.131. The standard InChI is InChI=1S/C15H15N3O3/c1-10-13(4-18-9-19)11(2)15(6-21-8-17)12(3)14(10)5-20-7-16/h4-6H2,1-3H3. The molecule has 1 rings (SSSR count). The zero-order valence-electron chi connectivity index (χ0n) is 12.2. The van der Waals surface area contributed by atoms with Gasteiger partial charge in [0.25, 0.3) is 12.5 Å². The average molecular weight is 285 g/mol. The van der Waals surface area contributed by atoms with E-state index in [0.29, 0.717) is 0 Å². The van der Waals surface area contributed by atoms with Gasteiger partial charge in [-0.25, -0.2) is 9.79 Å². The van der Waals surface area contributed by atoms with Gasteiger partial charge >= 0.3 is 0 Å². The number of hydrogen-bond donors (Lipinski definition) is 0. The Morgan fingerprint density at radius 3 is 1.71 bits per heavy atom. The number of aliphatic imine (C=N–C) groups is 1. The Balaban J connectivity index is 3.46. The zero-order valence-corrected chi connectivity index (χ0v) is 12.2. The number of benzene rings is 1. The lowest BCUT2D eigenvalue weighted by Crippen LogP contribution is -2.08. The van der Waals surface area contributed by atoms with E-state index in [9.17, 15) is 4.79 Å². The predicted octanol–water partition coefficient (Wildman–Crippen LogP) is 2.44. The maximum absolute atomic E-state index is 10.4. The Morgan fingerprint density at radius 1 is 0.905 bits per heavy atom. The minimum atomic E-state index is 0.131. The first-order valence-electron chi connectivity index (χ1n) is 6.24. The maximum Gasteiger partial charge on any atom is 0.286 e. The maximum atomic E-state index is 10.4.